The highest BCUT2D eigenvalue weighted by Gasteiger charge is 2.29. The van der Waals surface area contributed by atoms with E-state index < -0.39 is 5.60 Å². The maximum Gasteiger partial charge on any atom is 0.226 e. The molecule has 1 aliphatic rings. The summed E-state index contributed by atoms with van der Waals surface area (Å²) in [6.07, 6.45) is 6.77. The lowest BCUT2D eigenvalue weighted by atomic mass is 9.85. The lowest BCUT2D eigenvalue weighted by Crippen LogP contribution is -2.44. The minimum Gasteiger partial charge on any atom is -0.388 e. The predicted molar refractivity (Wildman–Crippen MR) is 63.3 cm³/mol. The third-order valence-corrected chi connectivity index (χ3v) is 3.31. The highest BCUT2D eigenvalue weighted by Crippen LogP contribution is 2.27. The first-order chi connectivity index (χ1) is 8.18. The molecule has 0 bridgehead atoms. The number of H-pyrrole nitrogens is 1. The summed E-state index contributed by atoms with van der Waals surface area (Å²) in [6, 6.07) is 1.77. The predicted octanol–water partition coefficient (Wildman–Crippen LogP) is 0.764. The van der Waals surface area contributed by atoms with Gasteiger partial charge in [0.05, 0.1) is 12.0 Å². The summed E-state index contributed by atoms with van der Waals surface area (Å²) in [7, 11) is 0. The normalized spacial score (nSPS) is 18.9. The fraction of sp³-hybridized carbons (Fsp3) is 0.667. The van der Waals surface area contributed by atoms with Gasteiger partial charge in [0.2, 0.25) is 5.91 Å². The second-order valence-corrected chi connectivity index (χ2v) is 4.82. The molecule has 5 heteroatoms. The van der Waals surface area contributed by atoms with Gasteiger partial charge in [0.25, 0.3) is 0 Å². The molecule has 0 atom stereocenters. The number of hydrogen-bond donors (Lipinski definition) is 3. The standard InChI is InChI=1S/C12H19N3O2/c16-11(8-10-4-7-14-15-10)13-9-12(17)5-2-1-3-6-12/h4,7,17H,1-3,5-6,8-9H2,(H,13,16)(H,14,15). The van der Waals surface area contributed by atoms with Crippen LogP contribution in [0.5, 0.6) is 0 Å². The zero-order valence-corrected chi connectivity index (χ0v) is 9.91. The Morgan fingerprint density at radius 1 is 1.47 bits per heavy atom. The molecule has 0 aromatic carbocycles. The van der Waals surface area contributed by atoms with E-state index in [-0.39, 0.29) is 12.3 Å². The molecular weight excluding hydrogens is 218 g/mol. The van der Waals surface area contributed by atoms with Crippen LogP contribution in [0.15, 0.2) is 12.3 Å². The summed E-state index contributed by atoms with van der Waals surface area (Å²) in [6.45, 7) is 0.361. The lowest BCUT2D eigenvalue weighted by molar-refractivity contribution is -0.122. The molecule has 17 heavy (non-hydrogen) atoms. The van der Waals surface area contributed by atoms with Crippen molar-refractivity contribution in [3.05, 3.63) is 18.0 Å². The van der Waals surface area contributed by atoms with Gasteiger partial charge < -0.3 is 10.4 Å². The van der Waals surface area contributed by atoms with E-state index in [4.69, 9.17) is 0 Å². The van der Waals surface area contributed by atoms with Crippen molar-refractivity contribution < 1.29 is 9.90 Å². The molecule has 0 unspecified atom stereocenters. The van der Waals surface area contributed by atoms with Crippen LogP contribution in [-0.4, -0.2) is 33.4 Å². The van der Waals surface area contributed by atoms with Crippen molar-refractivity contribution in [2.45, 2.75) is 44.1 Å². The van der Waals surface area contributed by atoms with Crippen LogP contribution in [0.1, 0.15) is 37.8 Å². The molecule has 3 N–H and O–H groups in total. The molecule has 2 rings (SSSR count). The van der Waals surface area contributed by atoms with Crippen LogP contribution in [-0.2, 0) is 11.2 Å². The zero-order valence-electron chi connectivity index (χ0n) is 9.91. The van der Waals surface area contributed by atoms with Crippen molar-refractivity contribution in [2.24, 2.45) is 0 Å². The molecule has 1 amide bonds. The number of carbonyl (C=O) groups is 1. The topological polar surface area (TPSA) is 78.0 Å². The Morgan fingerprint density at radius 3 is 2.88 bits per heavy atom. The summed E-state index contributed by atoms with van der Waals surface area (Å²) in [5.74, 6) is -0.0757. The maximum absolute atomic E-state index is 11.6. The number of aliphatic hydroxyl groups is 1. The van der Waals surface area contributed by atoms with Gasteiger partial charge in [0, 0.05) is 18.4 Å². The first-order valence-corrected chi connectivity index (χ1v) is 6.15. The van der Waals surface area contributed by atoms with Crippen LogP contribution in [0.2, 0.25) is 0 Å². The Bertz CT molecular complexity index is 356. The number of hydrogen-bond acceptors (Lipinski definition) is 3. The molecule has 1 fully saturated rings. The van der Waals surface area contributed by atoms with Crippen molar-refractivity contribution >= 4 is 5.91 Å². The third-order valence-electron chi connectivity index (χ3n) is 3.31. The molecule has 5 nitrogen and oxygen atoms in total. The van der Waals surface area contributed by atoms with E-state index in [0.29, 0.717) is 6.54 Å². The van der Waals surface area contributed by atoms with Crippen LogP contribution in [0.3, 0.4) is 0 Å². The van der Waals surface area contributed by atoms with Gasteiger partial charge in [-0.3, -0.25) is 9.89 Å². The zero-order chi connectivity index (χ0) is 12.1. The highest BCUT2D eigenvalue weighted by atomic mass is 16.3. The third kappa shape index (κ3) is 3.56. The fourth-order valence-corrected chi connectivity index (χ4v) is 2.27. The quantitative estimate of drug-likeness (QED) is 0.723. The van der Waals surface area contributed by atoms with Crippen molar-refractivity contribution in [1.82, 2.24) is 15.5 Å². The largest absolute Gasteiger partial charge is 0.388 e. The summed E-state index contributed by atoms with van der Waals surface area (Å²) in [4.78, 5) is 11.6. The van der Waals surface area contributed by atoms with E-state index in [1.165, 1.54) is 6.42 Å². The van der Waals surface area contributed by atoms with Gasteiger partial charge in [-0.1, -0.05) is 19.3 Å². The Balaban J connectivity index is 1.75. The van der Waals surface area contributed by atoms with Crippen LogP contribution in [0, 0.1) is 0 Å². The minimum atomic E-state index is -0.693. The van der Waals surface area contributed by atoms with Crippen LogP contribution in [0.4, 0.5) is 0 Å². The molecule has 1 aromatic heterocycles. The molecule has 0 saturated heterocycles. The number of aromatic nitrogens is 2. The summed E-state index contributed by atoms with van der Waals surface area (Å²) in [5, 5.41) is 19.5. The second kappa shape index (κ2) is 5.31. The van der Waals surface area contributed by atoms with Crippen molar-refractivity contribution in [3.8, 4) is 0 Å². The second-order valence-electron chi connectivity index (χ2n) is 4.82. The molecule has 1 saturated carbocycles. The minimum absolute atomic E-state index is 0.0757. The Kier molecular flexibility index (Phi) is 3.78. The highest BCUT2D eigenvalue weighted by molar-refractivity contribution is 5.78. The van der Waals surface area contributed by atoms with Gasteiger partial charge in [-0.2, -0.15) is 5.10 Å². The summed E-state index contributed by atoms with van der Waals surface area (Å²) < 4.78 is 0. The van der Waals surface area contributed by atoms with E-state index in [1.54, 1.807) is 12.3 Å². The number of nitrogens with zero attached hydrogens (tertiary/aromatic N) is 1. The van der Waals surface area contributed by atoms with Crippen LogP contribution < -0.4 is 5.32 Å². The number of aromatic amines is 1. The molecule has 0 spiro atoms. The molecule has 94 valence electrons. The Labute approximate surface area is 101 Å². The fourth-order valence-electron chi connectivity index (χ4n) is 2.27. The lowest BCUT2D eigenvalue weighted by Gasteiger charge is -2.32. The van der Waals surface area contributed by atoms with Gasteiger partial charge in [-0.25, -0.2) is 0 Å². The molecule has 0 radical (unpaired) electrons. The number of nitrogens with one attached hydrogen (secondary N) is 2. The first-order valence-electron chi connectivity index (χ1n) is 6.15. The van der Waals surface area contributed by atoms with Crippen LogP contribution in [0.25, 0.3) is 0 Å². The molecule has 0 aliphatic heterocycles. The van der Waals surface area contributed by atoms with Crippen molar-refractivity contribution in [2.75, 3.05) is 6.54 Å². The van der Waals surface area contributed by atoms with Gasteiger partial charge in [-0.05, 0) is 18.9 Å². The smallest absolute Gasteiger partial charge is 0.226 e. The van der Waals surface area contributed by atoms with E-state index >= 15 is 0 Å². The maximum atomic E-state index is 11.6. The Morgan fingerprint density at radius 2 is 2.24 bits per heavy atom. The van der Waals surface area contributed by atoms with Gasteiger partial charge in [0.1, 0.15) is 0 Å². The van der Waals surface area contributed by atoms with E-state index in [0.717, 1.165) is 31.4 Å². The first kappa shape index (κ1) is 12.1. The molecular formula is C12H19N3O2. The summed E-state index contributed by atoms with van der Waals surface area (Å²) in [5.41, 5.74) is 0.0974. The molecule has 1 aromatic rings. The monoisotopic (exact) mass is 237 g/mol. The SMILES string of the molecule is O=C(Cc1ccn[nH]1)NCC1(O)CCCCC1. The van der Waals surface area contributed by atoms with Crippen molar-refractivity contribution in [3.63, 3.8) is 0 Å². The van der Waals surface area contributed by atoms with E-state index in [2.05, 4.69) is 15.5 Å². The van der Waals surface area contributed by atoms with E-state index in [1.807, 2.05) is 0 Å². The van der Waals surface area contributed by atoms with Gasteiger partial charge >= 0.3 is 0 Å². The summed E-state index contributed by atoms with van der Waals surface area (Å²) >= 11 is 0. The van der Waals surface area contributed by atoms with Crippen molar-refractivity contribution in [1.29, 1.82) is 0 Å². The number of amides is 1. The number of carbonyl (C=O) groups excluding carboxylic acids is 1. The van der Waals surface area contributed by atoms with Gasteiger partial charge in [-0.15, -0.1) is 0 Å². The molecule has 1 heterocycles. The average Bonchev–Trinajstić information content (AvgIpc) is 2.80. The average molecular weight is 237 g/mol. The molecule has 1 aliphatic carbocycles. The Hall–Kier alpha value is -1.36. The number of rotatable bonds is 4. The van der Waals surface area contributed by atoms with Gasteiger partial charge in [0.15, 0.2) is 0 Å². The van der Waals surface area contributed by atoms with Crippen LogP contribution >= 0.6 is 0 Å². The van der Waals surface area contributed by atoms with E-state index in [9.17, 15) is 9.90 Å².